The molecule has 0 saturated carbocycles. The molecule has 3 N–H and O–H groups in total. The molecule has 0 atom stereocenters. The Bertz CT molecular complexity index is 950. The molecule has 0 aliphatic heterocycles. The molecule has 3 rings (SSSR count). The van der Waals surface area contributed by atoms with Crippen LogP contribution in [0.5, 0.6) is 0 Å². The predicted molar refractivity (Wildman–Crippen MR) is 109 cm³/mol. The standard InChI is InChI=1S/C18H18N5O5P/c24-22(25)18(23(26)27)13-7-12-17(14-18)21-29(28,19-15-8-3-1-4-9-15)20-16-10-5-2-6-11-16/h1-13H,14H2,(H3,19,20,21,28). The lowest BCUT2D eigenvalue weighted by atomic mass is 10.0. The van der Waals surface area contributed by atoms with Crippen LogP contribution in [0.4, 0.5) is 11.4 Å². The second-order valence-corrected chi connectivity index (χ2v) is 8.19. The fourth-order valence-electron chi connectivity index (χ4n) is 2.79. The molecule has 1 aliphatic rings. The van der Waals surface area contributed by atoms with Gasteiger partial charge in [-0.1, -0.05) is 36.4 Å². The van der Waals surface area contributed by atoms with E-state index < -0.39 is 29.5 Å². The van der Waals surface area contributed by atoms with Gasteiger partial charge in [0.15, 0.2) is 0 Å². The quantitative estimate of drug-likeness (QED) is 0.254. The van der Waals surface area contributed by atoms with Crippen LogP contribution in [-0.2, 0) is 4.57 Å². The summed E-state index contributed by atoms with van der Waals surface area (Å²) in [5.41, 5.74) is -1.35. The molecule has 10 nitrogen and oxygen atoms in total. The maximum Gasteiger partial charge on any atom is 0.483 e. The van der Waals surface area contributed by atoms with Gasteiger partial charge in [0, 0.05) is 17.1 Å². The molecule has 11 heteroatoms. The number of allylic oxidation sites excluding steroid dienone is 2. The van der Waals surface area contributed by atoms with E-state index in [2.05, 4.69) is 15.3 Å². The van der Waals surface area contributed by atoms with E-state index in [-0.39, 0.29) is 5.70 Å². The molecule has 0 spiro atoms. The normalized spacial score (nSPS) is 15.1. The molecule has 0 heterocycles. The van der Waals surface area contributed by atoms with E-state index >= 15 is 0 Å². The highest BCUT2D eigenvalue weighted by Gasteiger charge is 2.55. The molecular weight excluding hydrogens is 397 g/mol. The average Bonchev–Trinajstić information content (AvgIpc) is 2.69. The van der Waals surface area contributed by atoms with Crippen molar-refractivity contribution in [2.75, 3.05) is 10.2 Å². The van der Waals surface area contributed by atoms with Gasteiger partial charge < -0.3 is 15.3 Å². The van der Waals surface area contributed by atoms with Crippen LogP contribution < -0.4 is 15.3 Å². The number of hydrogen-bond acceptors (Lipinski definition) is 5. The van der Waals surface area contributed by atoms with Crippen molar-refractivity contribution in [1.29, 1.82) is 0 Å². The molecular formula is C18H18N5O5P. The Hall–Kier alpha value is -3.65. The minimum absolute atomic E-state index is 0.0936. The van der Waals surface area contributed by atoms with E-state index in [4.69, 9.17) is 0 Å². The lowest BCUT2D eigenvalue weighted by Gasteiger charge is -2.27. The van der Waals surface area contributed by atoms with E-state index in [1.165, 1.54) is 12.2 Å². The van der Waals surface area contributed by atoms with E-state index in [9.17, 15) is 24.8 Å². The smallest absolute Gasteiger partial charge is 0.307 e. The van der Waals surface area contributed by atoms with Gasteiger partial charge in [0.05, 0.1) is 6.08 Å². The Kier molecular flexibility index (Phi) is 5.65. The lowest BCUT2D eigenvalue weighted by molar-refractivity contribution is -0.780. The number of para-hydroxylation sites is 2. The molecule has 0 saturated heterocycles. The highest BCUT2D eigenvalue weighted by atomic mass is 31.2. The van der Waals surface area contributed by atoms with Crippen molar-refractivity contribution in [3.05, 3.63) is 105 Å². The van der Waals surface area contributed by atoms with Gasteiger partial charge in [-0.05, 0) is 36.4 Å². The highest BCUT2D eigenvalue weighted by Crippen LogP contribution is 2.44. The first-order valence-electron chi connectivity index (χ1n) is 8.55. The Morgan fingerprint density at radius 2 is 1.31 bits per heavy atom. The number of nitrogens with zero attached hydrogens (tertiary/aromatic N) is 2. The minimum Gasteiger partial charge on any atom is -0.307 e. The van der Waals surface area contributed by atoms with Gasteiger partial charge in [-0.15, -0.1) is 0 Å². The van der Waals surface area contributed by atoms with Crippen LogP contribution in [0.1, 0.15) is 6.42 Å². The summed E-state index contributed by atoms with van der Waals surface area (Å²) in [6.45, 7) is 0. The molecule has 0 aromatic heterocycles. The molecule has 0 bridgehead atoms. The zero-order chi connectivity index (χ0) is 20.9. The zero-order valence-corrected chi connectivity index (χ0v) is 16.0. The van der Waals surface area contributed by atoms with E-state index in [1.807, 2.05) is 0 Å². The van der Waals surface area contributed by atoms with Gasteiger partial charge in [-0.3, -0.25) is 24.8 Å². The van der Waals surface area contributed by atoms with Crippen LogP contribution >= 0.6 is 7.59 Å². The van der Waals surface area contributed by atoms with Crippen LogP contribution in [0.3, 0.4) is 0 Å². The van der Waals surface area contributed by atoms with Gasteiger partial charge in [0.25, 0.3) is 0 Å². The average molecular weight is 415 g/mol. The maximum atomic E-state index is 13.6. The summed E-state index contributed by atoms with van der Waals surface area (Å²) >= 11 is 0. The predicted octanol–water partition coefficient (Wildman–Crippen LogP) is 4.00. The first kappa shape index (κ1) is 20.1. The number of rotatable bonds is 8. The summed E-state index contributed by atoms with van der Waals surface area (Å²) in [4.78, 5) is 20.8. The summed E-state index contributed by atoms with van der Waals surface area (Å²) < 4.78 is 13.6. The van der Waals surface area contributed by atoms with Crippen LogP contribution in [0.2, 0.25) is 0 Å². The van der Waals surface area contributed by atoms with Gasteiger partial charge >= 0.3 is 13.3 Å². The summed E-state index contributed by atoms with van der Waals surface area (Å²) in [5, 5.41) is 31.2. The number of benzene rings is 2. The monoisotopic (exact) mass is 415 g/mol. The molecule has 0 fully saturated rings. The minimum atomic E-state index is -3.65. The van der Waals surface area contributed by atoms with Crippen LogP contribution in [0, 0.1) is 20.2 Å². The molecule has 2 aromatic carbocycles. The van der Waals surface area contributed by atoms with Crippen molar-refractivity contribution in [2.24, 2.45) is 0 Å². The lowest BCUT2D eigenvalue weighted by Crippen LogP contribution is -2.46. The fourth-order valence-corrected chi connectivity index (χ4v) is 4.54. The summed E-state index contributed by atoms with van der Waals surface area (Å²) in [6, 6.07) is 17.4. The number of nitrogens with one attached hydrogen (secondary N) is 3. The molecule has 0 amide bonds. The topological polar surface area (TPSA) is 139 Å². The zero-order valence-electron chi connectivity index (χ0n) is 15.1. The van der Waals surface area contributed by atoms with E-state index in [1.54, 1.807) is 60.7 Å². The van der Waals surface area contributed by atoms with Gasteiger partial charge in [0.1, 0.15) is 16.3 Å². The third-order valence-electron chi connectivity index (χ3n) is 4.17. The Labute approximate surface area is 166 Å². The van der Waals surface area contributed by atoms with Crippen LogP contribution in [0.25, 0.3) is 0 Å². The summed E-state index contributed by atoms with van der Waals surface area (Å²) in [7, 11) is -3.65. The third kappa shape index (κ3) is 4.61. The fraction of sp³-hybridized carbons (Fsp3) is 0.111. The van der Waals surface area contributed by atoms with Crippen molar-refractivity contribution in [2.45, 2.75) is 12.1 Å². The van der Waals surface area contributed by atoms with Crippen molar-refractivity contribution in [3.63, 3.8) is 0 Å². The van der Waals surface area contributed by atoms with Crippen molar-refractivity contribution in [1.82, 2.24) is 5.09 Å². The van der Waals surface area contributed by atoms with E-state index in [0.717, 1.165) is 6.08 Å². The first-order valence-corrected chi connectivity index (χ1v) is 10.3. The van der Waals surface area contributed by atoms with Gasteiger partial charge in [0.2, 0.25) is 0 Å². The van der Waals surface area contributed by atoms with E-state index in [0.29, 0.717) is 11.4 Å². The summed E-state index contributed by atoms with van der Waals surface area (Å²) in [5.74, 6) is 0. The SMILES string of the molecule is O=[N+]([O-])C1([N+](=O)[O-])C=CC=C(NP(=O)(Nc2ccccc2)Nc2ccccc2)C1. The maximum absolute atomic E-state index is 13.6. The van der Waals surface area contributed by atoms with Crippen LogP contribution in [-0.4, -0.2) is 15.5 Å². The second kappa shape index (κ2) is 8.15. The second-order valence-electron chi connectivity index (χ2n) is 6.30. The molecule has 0 unspecified atom stereocenters. The molecule has 1 aliphatic carbocycles. The molecule has 150 valence electrons. The van der Waals surface area contributed by atoms with Crippen LogP contribution in [0.15, 0.2) is 84.6 Å². The summed E-state index contributed by atoms with van der Waals surface area (Å²) in [6.07, 6.45) is 2.99. The Morgan fingerprint density at radius 3 is 1.76 bits per heavy atom. The Morgan fingerprint density at radius 1 is 0.828 bits per heavy atom. The third-order valence-corrected chi connectivity index (χ3v) is 5.91. The number of anilines is 2. The van der Waals surface area contributed by atoms with Crippen molar-refractivity contribution >= 4 is 19.0 Å². The largest absolute Gasteiger partial charge is 0.483 e. The van der Waals surface area contributed by atoms with Gasteiger partial charge in [-0.2, -0.15) is 0 Å². The molecule has 2 aromatic rings. The number of hydrogen-bond donors (Lipinski definition) is 3. The highest BCUT2D eigenvalue weighted by molar-refractivity contribution is 7.65. The Balaban J connectivity index is 1.90. The molecule has 29 heavy (non-hydrogen) atoms. The molecule has 0 radical (unpaired) electrons. The van der Waals surface area contributed by atoms with Crippen molar-refractivity contribution in [3.8, 4) is 0 Å². The number of nitro groups is 2. The van der Waals surface area contributed by atoms with Gasteiger partial charge in [-0.25, -0.2) is 0 Å². The first-order chi connectivity index (χ1) is 13.8. The van der Waals surface area contributed by atoms with Crippen molar-refractivity contribution < 1.29 is 14.4 Å².